The molecule has 0 heterocycles. The first-order valence-corrected chi connectivity index (χ1v) is 7.07. The summed E-state index contributed by atoms with van der Waals surface area (Å²) < 4.78 is 14.6. The molecule has 0 spiro atoms. The lowest BCUT2D eigenvalue weighted by atomic mass is 10.1. The molecule has 0 bridgehead atoms. The molecule has 1 amide bonds. The van der Waals surface area contributed by atoms with Gasteiger partial charge in [0.2, 0.25) is 0 Å². The molecule has 0 aliphatic rings. The summed E-state index contributed by atoms with van der Waals surface area (Å²) in [5.41, 5.74) is 3.42. The van der Waals surface area contributed by atoms with Gasteiger partial charge in [0.05, 0.1) is 11.3 Å². The Bertz CT molecular complexity index is 663. The molecule has 110 valence electrons. The Kier molecular flexibility index (Phi) is 4.93. The lowest BCUT2D eigenvalue weighted by Crippen LogP contribution is -2.28. The molecule has 0 aliphatic carbocycles. The number of amides is 1. The number of carbonyl (C=O) groups is 1. The Labute approximate surface area is 130 Å². The van der Waals surface area contributed by atoms with Crippen molar-refractivity contribution in [3.8, 4) is 0 Å². The van der Waals surface area contributed by atoms with Crippen LogP contribution in [0.2, 0.25) is 0 Å². The average molecular weight is 352 g/mol. The molecule has 0 aliphatic heterocycles. The van der Waals surface area contributed by atoms with Crippen LogP contribution in [-0.2, 0) is 6.54 Å². The SMILES string of the molecule is CN(Cc1cccc(Br)c1)C(=O)c1cccc(F)c1NN. The van der Waals surface area contributed by atoms with Gasteiger partial charge in [0, 0.05) is 18.1 Å². The Morgan fingerprint density at radius 3 is 2.71 bits per heavy atom. The normalized spacial score (nSPS) is 10.3. The number of benzene rings is 2. The number of carbonyl (C=O) groups excluding carboxylic acids is 1. The molecule has 6 heteroatoms. The van der Waals surface area contributed by atoms with Crippen LogP contribution < -0.4 is 11.3 Å². The molecule has 0 fully saturated rings. The van der Waals surface area contributed by atoms with Crippen LogP contribution in [-0.4, -0.2) is 17.9 Å². The molecule has 0 atom stereocenters. The third-order valence-electron chi connectivity index (χ3n) is 3.04. The van der Waals surface area contributed by atoms with Gasteiger partial charge in [-0.3, -0.25) is 10.6 Å². The van der Waals surface area contributed by atoms with Crippen molar-refractivity contribution in [1.82, 2.24) is 4.90 Å². The third-order valence-corrected chi connectivity index (χ3v) is 3.54. The van der Waals surface area contributed by atoms with E-state index >= 15 is 0 Å². The highest BCUT2D eigenvalue weighted by Crippen LogP contribution is 2.21. The Hall–Kier alpha value is -1.92. The minimum atomic E-state index is -0.556. The molecule has 0 saturated heterocycles. The van der Waals surface area contributed by atoms with Crippen LogP contribution in [0.15, 0.2) is 46.9 Å². The molecule has 0 unspecified atom stereocenters. The fraction of sp³-hybridized carbons (Fsp3) is 0.133. The standard InChI is InChI=1S/C15H15BrFN3O/c1-20(9-10-4-2-5-11(16)8-10)15(21)12-6-3-7-13(17)14(12)19-18/h2-8,19H,9,18H2,1H3. The number of nitrogens with two attached hydrogens (primary N) is 1. The largest absolute Gasteiger partial charge is 0.337 e. The maximum Gasteiger partial charge on any atom is 0.256 e. The van der Waals surface area contributed by atoms with Gasteiger partial charge in [0.25, 0.3) is 5.91 Å². The van der Waals surface area contributed by atoms with Crippen molar-refractivity contribution < 1.29 is 9.18 Å². The van der Waals surface area contributed by atoms with Crippen LogP contribution in [0.4, 0.5) is 10.1 Å². The predicted octanol–water partition coefficient (Wildman–Crippen LogP) is 3.15. The van der Waals surface area contributed by atoms with Crippen molar-refractivity contribution in [2.75, 3.05) is 12.5 Å². The average Bonchev–Trinajstić information content (AvgIpc) is 2.46. The van der Waals surface area contributed by atoms with Crippen LogP contribution in [0.5, 0.6) is 0 Å². The zero-order valence-electron chi connectivity index (χ0n) is 11.4. The lowest BCUT2D eigenvalue weighted by molar-refractivity contribution is 0.0785. The Morgan fingerprint density at radius 1 is 1.33 bits per heavy atom. The number of hydrogen-bond donors (Lipinski definition) is 2. The highest BCUT2D eigenvalue weighted by atomic mass is 79.9. The molecule has 3 N–H and O–H groups in total. The Balaban J connectivity index is 2.22. The monoisotopic (exact) mass is 351 g/mol. The maximum atomic E-state index is 13.6. The fourth-order valence-electron chi connectivity index (χ4n) is 2.04. The smallest absolute Gasteiger partial charge is 0.256 e. The summed E-state index contributed by atoms with van der Waals surface area (Å²) in [7, 11) is 1.66. The van der Waals surface area contributed by atoms with Crippen LogP contribution in [0.3, 0.4) is 0 Å². The van der Waals surface area contributed by atoms with Gasteiger partial charge in [-0.1, -0.05) is 34.1 Å². The number of nitrogens with one attached hydrogen (secondary N) is 1. The van der Waals surface area contributed by atoms with Crippen LogP contribution in [0.1, 0.15) is 15.9 Å². The Morgan fingerprint density at radius 2 is 2.05 bits per heavy atom. The number of anilines is 1. The van der Waals surface area contributed by atoms with Crippen molar-refractivity contribution >= 4 is 27.5 Å². The van der Waals surface area contributed by atoms with E-state index in [1.165, 1.54) is 23.1 Å². The van der Waals surface area contributed by atoms with E-state index in [1.807, 2.05) is 24.3 Å². The topological polar surface area (TPSA) is 58.4 Å². The number of hydrazine groups is 1. The summed E-state index contributed by atoms with van der Waals surface area (Å²) in [6.45, 7) is 0.415. The first-order valence-electron chi connectivity index (χ1n) is 6.28. The second-order valence-electron chi connectivity index (χ2n) is 4.60. The lowest BCUT2D eigenvalue weighted by Gasteiger charge is -2.19. The van der Waals surface area contributed by atoms with Crippen molar-refractivity contribution in [2.45, 2.75) is 6.54 Å². The molecule has 2 aromatic rings. The fourth-order valence-corrected chi connectivity index (χ4v) is 2.48. The first kappa shape index (κ1) is 15.5. The molecule has 21 heavy (non-hydrogen) atoms. The van der Waals surface area contributed by atoms with E-state index in [-0.39, 0.29) is 17.2 Å². The molecule has 2 aromatic carbocycles. The second kappa shape index (κ2) is 6.69. The van der Waals surface area contributed by atoms with E-state index in [2.05, 4.69) is 21.4 Å². The molecular weight excluding hydrogens is 337 g/mol. The van der Waals surface area contributed by atoms with Gasteiger partial charge in [-0.05, 0) is 29.8 Å². The third kappa shape index (κ3) is 3.59. The van der Waals surface area contributed by atoms with Crippen molar-refractivity contribution in [3.05, 3.63) is 63.9 Å². The minimum Gasteiger partial charge on any atom is -0.337 e. The summed E-state index contributed by atoms with van der Waals surface area (Å²) in [5, 5.41) is 0. The number of nitrogen functional groups attached to an aromatic ring is 1. The van der Waals surface area contributed by atoms with Crippen molar-refractivity contribution in [2.24, 2.45) is 5.84 Å². The van der Waals surface area contributed by atoms with E-state index in [9.17, 15) is 9.18 Å². The minimum absolute atomic E-state index is 0.00333. The number of nitrogens with zero attached hydrogens (tertiary/aromatic N) is 1. The molecule has 0 radical (unpaired) electrons. The molecular formula is C15H15BrFN3O. The van der Waals surface area contributed by atoms with Crippen molar-refractivity contribution in [1.29, 1.82) is 0 Å². The van der Waals surface area contributed by atoms with Gasteiger partial charge in [-0.15, -0.1) is 0 Å². The molecule has 0 saturated carbocycles. The van der Waals surface area contributed by atoms with Gasteiger partial charge in [-0.2, -0.15) is 0 Å². The molecule has 2 rings (SSSR count). The van der Waals surface area contributed by atoms with E-state index < -0.39 is 5.82 Å². The maximum absolute atomic E-state index is 13.6. The van der Waals surface area contributed by atoms with Gasteiger partial charge < -0.3 is 10.3 Å². The van der Waals surface area contributed by atoms with E-state index in [0.29, 0.717) is 6.54 Å². The van der Waals surface area contributed by atoms with Crippen LogP contribution in [0.25, 0.3) is 0 Å². The summed E-state index contributed by atoms with van der Waals surface area (Å²) in [4.78, 5) is 13.9. The van der Waals surface area contributed by atoms with Gasteiger partial charge >= 0.3 is 0 Å². The number of halogens is 2. The van der Waals surface area contributed by atoms with E-state index in [4.69, 9.17) is 5.84 Å². The quantitative estimate of drug-likeness (QED) is 0.657. The van der Waals surface area contributed by atoms with Gasteiger partial charge in [0.15, 0.2) is 0 Å². The zero-order valence-corrected chi connectivity index (χ0v) is 13.0. The number of para-hydroxylation sites is 1. The zero-order chi connectivity index (χ0) is 15.4. The summed E-state index contributed by atoms with van der Waals surface area (Å²) in [5.74, 6) is 4.44. The summed E-state index contributed by atoms with van der Waals surface area (Å²) in [6, 6.07) is 11.9. The molecule has 4 nitrogen and oxygen atoms in total. The van der Waals surface area contributed by atoms with Gasteiger partial charge in [-0.25, -0.2) is 4.39 Å². The summed E-state index contributed by atoms with van der Waals surface area (Å²) >= 11 is 3.39. The van der Waals surface area contributed by atoms with E-state index in [1.54, 1.807) is 7.05 Å². The van der Waals surface area contributed by atoms with Crippen LogP contribution >= 0.6 is 15.9 Å². The van der Waals surface area contributed by atoms with Crippen molar-refractivity contribution in [3.63, 3.8) is 0 Å². The number of hydrogen-bond acceptors (Lipinski definition) is 3. The van der Waals surface area contributed by atoms with Gasteiger partial charge in [0.1, 0.15) is 5.82 Å². The molecule has 0 aromatic heterocycles. The first-order chi connectivity index (χ1) is 10.0. The van der Waals surface area contributed by atoms with Crippen LogP contribution in [0, 0.1) is 5.82 Å². The number of rotatable bonds is 4. The summed E-state index contributed by atoms with van der Waals surface area (Å²) in [6.07, 6.45) is 0. The second-order valence-corrected chi connectivity index (χ2v) is 5.51. The highest BCUT2D eigenvalue weighted by Gasteiger charge is 2.18. The highest BCUT2D eigenvalue weighted by molar-refractivity contribution is 9.10. The van der Waals surface area contributed by atoms with E-state index in [0.717, 1.165) is 10.0 Å². The predicted molar refractivity (Wildman–Crippen MR) is 84.1 cm³/mol.